The van der Waals surface area contributed by atoms with E-state index in [9.17, 15) is 18.0 Å². The lowest BCUT2D eigenvalue weighted by atomic mass is 9.96. The van der Waals surface area contributed by atoms with E-state index in [1.54, 1.807) is 17.0 Å². The summed E-state index contributed by atoms with van der Waals surface area (Å²) in [5.41, 5.74) is 0.955. The van der Waals surface area contributed by atoms with E-state index < -0.39 is 16.1 Å². The van der Waals surface area contributed by atoms with Crippen LogP contribution in [0.15, 0.2) is 29.2 Å². The molecule has 1 amide bonds. The SMILES string of the molecule is COC(=O)C1CCN(C(=O)[C@H](C)NS(=O)(=O)c2ccc(C)cc2)CC1. The number of ether oxygens (including phenoxy) is 1. The standard InChI is InChI=1S/C17H24N2O5S/c1-12-4-6-15(7-5-12)25(22,23)18-13(2)16(20)19-10-8-14(9-11-19)17(21)24-3/h4-7,13-14,18H,8-11H2,1-3H3/t13-/m0/s1. The van der Waals surface area contributed by atoms with E-state index in [2.05, 4.69) is 4.72 Å². The van der Waals surface area contributed by atoms with Gasteiger partial charge in [0.2, 0.25) is 15.9 Å². The minimum Gasteiger partial charge on any atom is -0.469 e. The second-order valence-corrected chi connectivity index (χ2v) is 7.99. The minimum atomic E-state index is -3.76. The molecule has 2 rings (SSSR count). The summed E-state index contributed by atoms with van der Waals surface area (Å²) in [6.07, 6.45) is 1.05. The van der Waals surface area contributed by atoms with Crippen LogP contribution in [-0.2, 0) is 24.3 Å². The van der Waals surface area contributed by atoms with Crippen molar-refractivity contribution < 1.29 is 22.7 Å². The number of carbonyl (C=O) groups is 2. The smallest absolute Gasteiger partial charge is 0.308 e. The number of hydrogen-bond acceptors (Lipinski definition) is 5. The van der Waals surface area contributed by atoms with E-state index >= 15 is 0 Å². The number of nitrogens with zero attached hydrogens (tertiary/aromatic N) is 1. The van der Waals surface area contributed by atoms with Crippen molar-refractivity contribution in [3.05, 3.63) is 29.8 Å². The quantitative estimate of drug-likeness (QED) is 0.785. The van der Waals surface area contributed by atoms with E-state index in [4.69, 9.17) is 4.74 Å². The lowest BCUT2D eigenvalue weighted by molar-refractivity contribution is -0.149. The van der Waals surface area contributed by atoms with Gasteiger partial charge in [0.05, 0.1) is 24.0 Å². The van der Waals surface area contributed by atoms with Crippen LogP contribution in [0.25, 0.3) is 0 Å². The van der Waals surface area contributed by atoms with E-state index in [0.717, 1.165) is 5.56 Å². The number of nitrogens with one attached hydrogen (secondary N) is 1. The van der Waals surface area contributed by atoms with Crippen molar-refractivity contribution in [1.82, 2.24) is 9.62 Å². The molecule has 7 nitrogen and oxygen atoms in total. The van der Waals surface area contributed by atoms with Gasteiger partial charge < -0.3 is 9.64 Å². The van der Waals surface area contributed by atoms with E-state index in [1.807, 2.05) is 6.92 Å². The van der Waals surface area contributed by atoms with Crippen molar-refractivity contribution >= 4 is 21.9 Å². The molecule has 1 atom stereocenters. The van der Waals surface area contributed by atoms with Crippen molar-refractivity contribution in [2.75, 3.05) is 20.2 Å². The first-order valence-electron chi connectivity index (χ1n) is 8.20. The Balaban J connectivity index is 1.96. The van der Waals surface area contributed by atoms with Gasteiger partial charge in [-0.15, -0.1) is 0 Å². The van der Waals surface area contributed by atoms with Crippen LogP contribution in [0.5, 0.6) is 0 Å². The van der Waals surface area contributed by atoms with Gasteiger partial charge in [-0.05, 0) is 38.8 Å². The summed E-state index contributed by atoms with van der Waals surface area (Å²) in [4.78, 5) is 25.7. The second-order valence-electron chi connectivity index (χ2n) is 6.28. The topological polar surface area (TPSA) is 92.8 Å². The van der Waals surface area contributed by atoms with Gasteiger partial charge >= 0.3 is 5.97 Å². The van der Waals surface area contributed by atoms with Crippen LogP contribution in [0.2, 0.25) is 0 Å². The molecule has 1 heterocycles. The zero-order valence-corrected chi connectivity index (χ0v) is 15.5. The number of sulfonamides is 1. The number of carbonyl (C=O) groups excluding carboxylic acids is 2. The molecule has 1 fully saturated rings. The molecule has 0 spiro atoms. The Labute approximate surface area is 148 Å². The summed E-state index contributed by atoms with van der Waals surface area (Å²) >= 11 is 0. The van der Waals surface area contributed by atoms with Crippen LogP contribution in [0.3, 0.4) is 0 Å². The molecule has 1 aliphatic heterocycles. The lowest BCUT2D eigenvalue weighted by Gasteiger charge is -2.32. The van der Waals surface area contributed by atoms with Gasteiger partial charge in [-0.25, -0.2) is 8.42 Å². The Morgan fingerprint density at radius 2 is 1.76 bits per heavy atom. The number of piperidine rings is 1. The van der Waals surface area contributed by atoms with Crippen LogP contribution >= 0.6 is 0 Å². The summed E-state index contributed by atoms with van der Waals surface area (Å²) in [5, 5.41) is 0. The molecule has 1 N–H and O–H groups in total. The Kier molecular flexibility index (Phi) is 6.18. The Morgan fingerprint density at radius 3 is 2.28 bits per heavy atom. The predicted octanol–water partition coefficient (Wildman–Crippen LogP) is 1.07. The summed E-state index contributed by atoms with van der Waals surface area (Å²) in [6.45, 7) is 4.22. The van der Waals surface area contributed by atoms with Gasteiger partial charge in [0.1, 0.15) is 0 Å². The van der Waals surface area contributed by atoms with Gasteiger partial charge in [-0.3, -0.25) is 9.59 Å². The molecule has 1 saturated heterocycles. The van der Waals surface area contributed by atoms with Crippen LogP contribution in [0.4, 0.5) is 0 Å². The number of methoxy groups -OCH3 is 1. The maximum atomic E-state index is 12.5. The highest BCUT2D eigenvalue weighted by Gasteiger charge is 2.31. The van der Waals surface area contributed by atoms with Gasteiger partial charge in [0, 0.05) is 13.1 Å². The highest BCUT2D eigenvalue weighted by atomic mass is 32.2. The molecule has 1 aliphatic rings. The molecule has 0 radical (unpaired) electrons. The highest BCUT2D eigenvalue weighted by Crippen LogP contribution is 2.19. The third-order valence-electron chi connectivity index (χ3n) is 4.37. The molecule has 138 valence electrons. The lowest BCUT2D eigenvalue weighted by Crippen LogP contribution is -2.49. The van der Waals surface area contributed by atoms with Crippen molar-refractivity contribution in [3.8, 4) is 0 Å². The van der Waals surface area contributed by atoms with Crippen LogP contribution in [0.1, 0.15) is 25.3 Å². The first-order chi connectivity index (χ1) is 11.7. The third-order valence-corrected chi connectivity index (χ3v) is 5.93. The highest BCUT2D eigenvalue weighted by molar-refractivity contribution is 7.89. The van der Waals surface area contributed by atoms with Crippen LogP contribution in [0, 0.1) is 12.8 Å². The summed E-state index contributed by atoms with van der Waals surface area (Å²) < 4.78 is 31.9. The molecule has 0 aliphatic carbocycles. The van der Waals surface area contributed by atoms with Crippen molar-refractivity contribution in [1.29, 1.82) is 0 Å². The number of amides is 1. The molecule has 0 unspecified atom stereocenters. The largest absolute Gasteiger partial charge is 0.469 e. The van der Waals surface area contributed by atoms with Crippen LogP contribution in [-0.4, -0.2) is 51.4 Å². The van der Waals surface area contributed by atoms with E-state index in [1.165, 1.54) is 26.2 Å². The van der Waals surface area contributed by atoms with Gasteiger partial charge in [-0.1, -0.05) is 17.7 Å². The van der Waals surface area contributed by atoms with Gasteiger partial charge in [0.15, 0.2) is 0 Å². The average Bonchev–Trinajstić information content (AvgIpc) is 2.60. The van der Waals surface area contributed by atoms with Crippen molar-refractivity contribution in [2.45, 2.75) is 37.6 Å². The summed E-state index contributed by atoms with van der Waals surface area (Å²) in [7, 11) is -2.41. The number of esters is 1. The number of benzene rings is 1. The molecule has 25 heavy (non-hydrogen) atoms. The Bertz CT molecular complexity index is 722. The molecule has 1 aromatic carbocycles. The molecular weight excluding hydrogens is 344 g/mol. The maximum absolute atomic E-state index is 12.5. The Morgan fingerprint density at radius 1 is 1.20 bits per heavy atom. The number of likely N-dealkylation sites (tertiary alicyclic amines) is 1. The van der Waals surface area contributed by atoms with E-state index in [0.29, 0.717) is 25.9 Å². The zero-order valence-electron chi connectivity index (χ0n) is 14.7. The normalized spacial score (nSPS) is 17.2. The third kappa shape index (κ3) is 4.79. The fraction of sp³-hybridized carbons (Fsp3) is 0.529. The summed E-state index contributed by atoms with van der Waals surface area (Å²) in [6, 6.07) is 5.56. The average molecular weight is 368 g/mol. The van der Waals surface area contributed by atoms with Gasteiger partial charge in [-0.2, -0.15) is 4.72 Å². The number of aryl methyl sites for hydroxylation is 1. The molecule has 0 aromatic heterocycles. The number of hydrogen-bond donors (Lipinski definition) is 1. The number of rotatable bonds is 5. The fourth-order valence-electron chi connectivity index (χ4n) is 2.84. The predicted molar refractivity (Wildman–Crippen MR) is 92.3 cm³/mol. The molecule has 0 saturated carbocycles. The summed E-state index contributed by atoms with van der Waals surface area (Å²) in [5.74, 6) is -0.757. The first kappa shape index (κ1) is 19.4. The maximum Gasteiger partial charge on any atom is 0.308 e. The first-order valence-corrected chi connectivity index (χ1v) is 9.68. The zero-order chi connectivity index (χ0) is 18.6. The van der Waals surface area contributed by atoms with Crippen molar-refractivity contribution in [3.63, 3.8) is 0 Å². The fourth-order valence-corrected chi connectivity index (χ4v) is 4.04. The minimum absolute atomic E-state index is 0.127. The van der Waals surface area contributed by atoms with Crippen molar-refractivity contribution in [2.24, 2.45) is 5.92 Å². The van der Waals surface area contributed by atoms with Crippen LogP contribution < -0.4 is 4.72 Å². The molecular formula is C17H24N2O5S. The monoisotopic (exact) mass is 368 g/mol. The second kappa shape index (κ2) is 7.97. The molecule has 1 aromatic rings. The molecule has 0 bridgehead atoms. The Hall–Kier alpha value is -1.93. The van der Waals surface area contributed by atoms with Gasteiger partial charge in [0.25, 0.3) is 0 Å². The van der Waals surface area contributed by atoms with E-state index in [-0.39, 0.29) is 22.7 Å². The molecule has 8 heteroatoms.